The lowest BCUT2D eigenvalue weighted by Gasteiger charge is -2.20. The number of fused-ring (bicyclic) bond motifs is 1. The molecule has 0 aliphatic heterocycles. The van der Waals surface area contributed by atoms with Crippen molar-refractivity contribution in [2.75, 3.05) is 5.32 Å². The van der Waals surface area contributed by atoms with Gasteiger partial charge in [0.2, 0.25) is 0 Å². The number of halogens is 1. The Hall–Kier alpha value is -2.54. The van der Waals surface area contributed by atoms with Crippen LogP contribution in [0.25, 0.3) is 10.9 Å². The number of anilines is 1. The van der Waals surface area contributed by atoms with Crippen LogP contribution < -0.4 is 5.32 Å². The van der Waals surface area contributed by atoms with Crippen molar-refractivity contribution in [1.82, 2.24) is 19.7 Å². The fraction of sp³-hybridized carbons (Fsp3) is 0.450. The van der Waals surface area contributed by atoms with Gasteiger partial charge in [0.25, 0.3) is 0 Å². The van der Waals surface area contributed by atoms with Gasteiger partial charge in [-0.2, -0.15) is 5.10 Å². The number of ketones is 1. The lowest BCUT2D eigenvalue weighted by molar-refractivity contribution is 0.0931. The van der Waals surface area contributed by atoms with E-state index >= 15 is 0 Å². The second-order valence-corrected chi connectivity index (χ2v) is 8.69. The standard InChI is InChI=1S/C20H26ClN5O2/c1-10(2)17(28)16-18(21)23-15(26(16)6)9-22-19-11-7-12(20(3,4)5)14(27)8-13(11)24-25-19/h7-8,10,27H,9H2,1-6H3,(H2,22,24,25). The van der Waals surface area contributed by atoms with Gasteiger partial charge in [-0.1, -0.05) is 46.2 Å². The number of nitrogens with one attached hydrogen (secondary N) is 2. The largest absolute Gasteiger partial charge is 0.508 e. The van der Waals surface area contributed by atoms with Crippen LogP contribution in [0.4, 0.5) is 5.82 Å². The molecule has 28 heavy (non-hydrogen) atoms. The van der Waals surface area contributed by atoms with E-state index < -0.39 is 0 Å². The molecule has 0 saturated carbocycles. The molecule has 0 saturated heterocycles. The van der Waals surface area contributed by atoms with E-state index in [1.807, 2.05) is 40.7 Å². The van der Waals surface area contributed by atoms with Crippen molar-refractivity contribution < 1.29 is 9.90 Å². The third kappa shape index (κ3) is 3.58. The summed E-state index contributed by atoms with van der Waals surface area (Å²) < 4.78 is 1.72. The van der Waals surface area contributed by atoms with E-state index in [0.29, 0.717) is 23.9 Å². The molecule has 0 fully saturated rings. The first kappa shape index (κ1) is 20.2. The van der Waals surface area contributed by atoms with Gasteiger partial charge in [0.1, 0.15) is 17.3 Å². The first-order valence-electron chi connectivity index (χ1n) is 9.21. The van der Waals surface area contributed by atoms with Crippen molar-refractivity contribution in [1.29, 1.82) is 0 Å². The maximum atomic E-state index is 12.4. The topological polar surface area (TPSA) is 95.8 Å². The van der Waals surface area contributed by atoms with Crippen LogP contribution in [-0.4, -0.2) is 30.6 Å². The Morgan fingerprint density at radius 1 is 1.36 bits per heavy atom. The van der Waals surface area contributed by atoms with Crippen molar-refractivity contribution in [2.24, 2.45) is 13.0 Å². The molecule has 2 aromatic heterocycles. The number of Topliss-reactive ketones (excluding diaryl/α,β-unsaturated/α-hetero) is 1. The summed E-state index contributed by atoms with van der Waals surface area (Å²) in [6.45, 7) is 10.2. The van der Waals surface area contributed by atoms with Gasteiger partial charge in [-0.25, -0.2) is 4.98 Å². The highest BCUT2D eigenvalue weighted by atomic mass is 35.5. The molecule has 0 aliphatic carbocycles. The van der Waals surface area contributed by atoms with E-state index in [1.54, 1.807) is 17.7 Å². The molecule has 3 N–H and O–H groups in total. The maximum Gasteiger partial charge on any atom is 0.184 e. The van der Waals surface area contributed by atoms with Gasteiger partial charge in [-0.15, -0.1) is 0 Å². The number of benzene rings is 1. The second-order valence-electron chi connectivity index (χ2n) is 8.34. The Kier molecular flexibility index (Phi) is 5.14. The maximum absolute atomic E-state index is 12.4. The van der Waals surface area contributed by atoms with Crippen molar-refractivity contribution >= 4 is 34.1 Å². The first-order valence-corrected chi connectivity index (χ1v) is 9.59. The summed E-state index contributed by atoms with van der Waals surface area (Å²) in [7, 11) is 1.78. The van der Waals surface area contributed by atoms with Crippen molar-refractivity contribution in [3.63, 3.8) is 0 Å². The van der Waals surface area contributed by atoms with Crippen LogP contribution >= 0.6 is 11.6 Å². The minimum absolute atomic E-state index is 0.0400. The smallest absolute Gasteiger partial charge is 0.184 e. The molecule has 7 nitrogen and oxygen atoms in total. The number of hydrogen-bond donors (Lipinski definition) is 3. The number of phenols is 1. The highest BCUT2D eigenvalue weighted by molar-refractivity contribution is 6.32. The SMILES string of the molecule is CC(C)C(=O)c1c(Cl)nc(CNc2n[nH]c3cc(O)c(C(C)(C)C)cc23)n1C. The number of carbonyl (C=O) groups excluding carboxylic acids is 1. The van der Waals surface area contributed by atoms with Crippen LogP contribution in [0, 0.1) is 5.92 Å². The molecule has 0 aliphatic rings. The summed E-state index contributed by atoms with van der Waals surface area (Å²) in [5, 5.41) is 21.9. The zero-order valence-electron chi connectivity index (χ0n) is 17.0. The number of carbonyl (C=O) groups is 1. The fourth-order valence-electron chi connectivity index (χ4n) is 3.16. The normalized spacial score (nSPS) is 12.1. The lowest BCUT2D eigenvalue weighted by atomic mass is 9.85. The van der Waals surface area contributed by atoms with E-state index in [9.17, 15) is 9.90 Å². The Balaban J connectivity index is 1.91. The molecule has 0 spiro atoms. The third-order valence-corrected chi connectivity index (χ3v) is 5.07. The summed E-state index contributed by atoms with van der Waals surface area (Å²) in [6.07, 6.45) is 0. The fourth-order valence-corrected chi connectivity index (χ4v) is 3.48. The first-order chi connectivity index (χ1) is 13.0. The van der Waals surface area contributed by atoms with Gasteiger partial charge in [0, 0.05) is 30.0 Å². The Morgan fingerprint density at radius 2 is 2.04 bits per heavy atom. The van der Waals surface area contributed by atoms with E-state index in [-0.39, 0.29) is 28.0 Å². The minimum atomic E-state index is -0.202. The number of hydrogen-bond acceptors (Lipinski definition) is 5. The molecule has 0 atom stereocenters. The van der Waals surface area contributed by atoms with Crippen LogP contribution in [0.3, 0.4) is 0 Å². The third-order valence-electron chi connectivity index (χ3n) is 4.80. The van der Waals surface area contributed by atoms with Crippen LogP contribution in [0.1, 0.15) is 56.5 Å². The summed E-state index contributed by atoms with van der Waals surface area (Å²) in [6, 6.07) is 3.63. The number of imidazole rings is 1. The van der Waals surface area contributed by atoms with E-state index in [4.69, 9.17) is 11.6 Å². The summed E-state index contributed by atoms with van der Waals surface area (Å²) in [4.78, 5) is 16.7. The molecule has 0 bridgehead atoms. The number of aromatic nitrogens is 4. The number of rotatable bonds is 5. The van der Waals surface area contributed by atoms with Gasteiger partial charge >= 0.3 is 0 Å². The van der Waals surface area contributed by atoms with Crippen LogP contribution in [0.2, 0.25) is 5.15 Å². The predicted octanol–water partition coefficient (Wildman–Crippen LogP) is 4.40. The average molecular weight is 404 g/mol. The van der Waals surface area contributed by atoms with Crippen molar-refractivity contribution in [3.8, 4) is 5.75 Å². The summed E-state index contributed by atoms with van der Waals surface area (Å²) >= 11 is 6.20. The Labute approximate surface area is 169 Å². The molecule has 0 amide bonds. The van der Waals surface area contributed by atoms with Gasteiger partial charge in [0.15, 0.2) is 16.8 Å². The Morgan fingerprint density at radius 3 is 2.64 bits per heavy atom. The van der Waals surface area contributed by atoms with Gasteiger partial charge in [-0.3, -0.25) is 9.89 Å². The summed E-state index contributed by atoms with van der Waals surface area (Å²) in [5.41, 5.74) is 1.79. The van der Waals surface area contributed by atoms with Gasteiger partial charge in [-0.05, 0) is 11.5 Å². The summed E-state index contributed by atoms with van der Waals surface area (Å²) in [5.74, 6) is 1.33. The van der Waals surface area contributed by atoms with E-state index in [2.05, 4.69) is 20.5 Å². The molecule has 2 heterocycles. The molecule has 8 heteroatoms. The van der Waals surface area contributed by atoms with E-state index in [1.165, 1.54) is 0 Å². The zero-order valence-corrected chi connectivity index (χ0v) is 17.8. The van der Waals surface area contributed by atoms with Gasteiger partial charge < -0.3 is 15.0 Å². The number of nitrogens with zero attached hydrogens (tertiary/aromatic N) is 3. The number of aromatic amines is 1. The molecular weight excluding hydrogens is 378 g/mol. The molecule has 3 aromatic rings. The quantitative estimate of drug-likeness (QED) is 0.548. The van der Waals surface area contributed by atoms with Crippen molar-refractivity contribution in [3.05, 3.63) is 34.4 Å². The molecule has 1 aromatic carbocycles. The van der Waals surface area contributed by atoms with Crippen LogP contribution in [-0.2, 0) is 19.0 Å². The molecule has 0 radical (unpaired) electrons. The van der Waals surface area contributed by atoms with Crippen molar-refractivity contribution in [2.45, 2.75) is 46.6 Å². The molecular formula is C20H26ClN5O2. The number of phenolic OH excluding ortho intramolecular Hbond substituents is 1. The zero-order chi connectivity index (χ0) is 20.8. The lowest BCUT2D eigenvalue weighted by Crippen LogP contribution is -2.15. The number of H-pyrrole nitrogens is 1. The molecule has 3 rings (SSSR count). The number of aromatic hydroxyl groups is 1. The highest BCUT2D eigenvalue weighted by Gasteiger charge is 2.23. The van der Waals surface area contributed by atoms with Crippen LogP contribution in [0.15, 0.2) is 12.1 Å². The van der Waals surface area contributed by atoms with E-state index in [0.717, 1.165) is 16.5 Å². The highest BCUT2D eigenvalue weighted by Crippen LogP contribution is 2.35. The average Bonchev–Trinajstić information content (AvgIpc) is 3.10. The molecule has 150 valence electrons. The minimum Gasteiger partial charge on any atom is -0.508 e. The second kappa shape index (κ2) is 7.13. The van der Waals surface area contributed by atoms with Crippen LogP contribution in [0.5, 0.6) is 5.75 Å². The monoisotopic (exact) mass is 403 g/mol. The predicted molar refractivity (Wildman–Crippen MR) is 111 cm³/mol. The van der Waals surface area contributed by atoms with Gasteiger partial charge in [0.05, 0.1) is 12.1 Å². The Bertz CT molecular complexity index is 1040. The molecule has 0 unspecified atom stereocenters.